The lowest BCUT2D eigenvalue weighted by molar-refractivity contribution is 1.07. The molecular weight excluding hydrogens is 240 g/mol. The van der Waals surface area contributed by atoms with Crippen molar-refractivity contribution >= 4 is 15.9 Å². The molecule has 1 N–H and O–H groups in total. The van der Waals surface area contributed by atoms with Gasteiger partial charge in [-0.3, -0.25) is 0 Å². The number of rotatable bonds is 2. The van der Waals surface area contributed by atoms with E-state index in [1.54, 1.807) is 0 Å². The molecule has 1 heterocycles. The minimum Gasteiger partial charge on any atom is -0.345 e. The van der Waals surface area contributed by atoms with E-state index < -0.39 is 0 Å². The third kappa shape index (κ3) is 2.04. The van der Waals surface area contributed by atoms with Gasteiger partial charge >= 0.3 is 0 Å². The fourth-order valence-corrected chi connectivity index (χ4v) is 1.94. The SMILES string of the molecule is Cc1nc(Br)c(Cc2ccccc2)[nH]1. The van der Waals surface area contributed by atoms with Gasteiger partial charge in [0.25, 0.3) is 0 Å². The zero-order valence-corrected chi connectivity index (χ0v) is 9.51. The Kier molecular flexibility index (Phi) is 2.68. The van der Waals surface area contributed by atoms with Crippen molar-refractivity contribution in [2.24, 2.45) is 0 Å². The van der Waals surface area contributed by atoms with Crippen LogP contribution < -0.4 is 0 Å². The number of hydrogen-bond acceptors (Lipinski definition) is 1. The minimum absolute atomic E-state index is 0.891. The molecular formula is C11H11BrN2. The number of aromatic nitrogens is 2. The van der Waals surface area contributed by atoms with Gasteiger partial charge in [-0.25, -0.2) is 4.98 Å². The monoisotopic (exact) mass is 250 g/mol. The highest BCUT2D eigenvalue weighted by molar-refractivity contribution is 9.10. The summed E-state index contributed by atoms with van der Waals surface area (Å²) in [6, 6.07) is 10.3. The predicted octanol–water partition coefficient (Wildman–Crippen LogP) is 3.07. The first-order valence-electron chi connectivity index (χ1n) is 4.50. The van der Waals surface area contributed by atoms with Gasteiger partial charge < -0.3 is 4.98 Å². The van der Waals surface area contributed by atoms with Crippen molar-refractivity contribution in [3.63, 3.8) is 0 Å². The largest absolute Gasteiger partial charge is 0.345 e. The lowest BCUT2D eigenvalue weighted by Crippen LogP contribution is -1.88. The van der Waals surface area contributed by atoms with Gasteiger partial charge in [-0.2, -0.15) is 0 Å². The highest BCUT2D eigenvalue weighted by Gasteiger charge is 2.05. The molecule has 0 amide bonds. The number of H-pyrrole nitrogens is 1. The Balaban J connectivity index is 2.23. The molecule has 0 aliphatic carbocycles. The predicted molar refractivity (Wildman–Crippen MR) is 60.3 cm³/mol. The van der Waals surface area contributed by atoms with E-state index in [1.165, 1.54) is 5.56 Å². The maximum absolute atomic E-state index is 4.27. The van der Waals surface area contributed by atoms with E-state index in [0.29, 0.717) is 0 Å². The van der Waals surface area contributed by atoms with Gasteiger partial charge in [0, 0.05) is 6.42 Å². The van der Waals surface area contributed by atoms with Crippen LogP contribution in [0.5, 0.6) is 0 Å². The zero-order chi connectivity index (χ0) is 9.97. The summed E-state index contributed by atoms with van der Waals surface area (Å²) in [6.45, 7) is 1.96. The smallest absolute Gasteiger partial charge is 0.127 e. The Bertz CT molecular complexity index is 420. The third-order valence-electron chi connectivity index (χ3n) is 2.07. The highest BCUT2D eigenvalue weighted by atomic mass is 79.9. The van der Waals surface area contributed by atoms with Gasteiger partial charge in [-0.15, -0.1) is 0 Å². The van der Waals surface area contributed by atoms with Crippen molar-refractivity contribution in [2.75, 3.05) is 0 Å². The Labute approximate surface area is 91.5 Å². The average molecular weight is 251 g/mol. The maximum atomic E-state index is 4.27. The van der Waals surface area contributed by atoms with Crippen molar-refractivity contribution in [2.45, 2.75) is 13.3 Å². The number of benzene rings is 1. The summed E-state index contributed by atoms with van der Waals surface area (Å²) in [5.41, 5.74) is 2.42. The van der Waals surface area contributed by atoms with Crippen molar-refractivity contribution in [1.29, 1.82) is 0 Å². The summed E-state index contributed by atoms with van der Waals surface area (Å²) in [6.07, 6.45) is 0.891. The normalized spacial score (nSPS) is 10.4. The molecule has 2 rings (SSSR count). The molecule has 0 saturated carbocycles. The molecule has 0 bridgehead atoms. The van der Waals surface area contributed by atoms with Gasteiger partial charge in [-0.1, -0.05) is 30.3 Å². The topological polar surface area (TPSA) is 28.7 Å². The number of nitrogens with one attached hydrogen (secondary N) is 1. The van der Waals surface area contributed by atoms with E-state index in [2.05, 4.69) is 38.0 Å². The van der Waals surface area contributed by atoms with Crippen molar-refractivity contribution in [3.05, 3.63) is 52.0 Å². The summed E-state index contributed by atoms with van der Waals surface area (Å²) in [5, 5.41) is 0. The number of aryl methyl sites for hydroxylation is 1. The molecule has 0 spiro atoms. The summed E-state index contributed by atoms with van der Waals surface area (Å²) in [7, 11) is 0. The van der Waals surface area contributed by atoms with Crippen LogP contribution in [0.2, 0.25) is 0 Å². The van der Waals surface area contributed by atoms with Crippen molar-refractivity contribution in [1.82, 2.24) is 9.97 Å². The van der Waals surface area contributed by atoms with Crippen LogP contribution in [0.1, 0.15) is 17.1 Å². The van der Waals surface area contributed by atoms with Gasteiger partial charge in [0.2, 0.25) is 0 Å². The third-order valence-corrected chi connectivity index (χ3v) is 2.73. The average Bonchev–Trinajstić information content (AvgIpc) is 2.47. The number of halogens is 1. The molecule has 0 saturated heterocycles. The van der Waals surface area contributed by atoms with Crippen LogP contribution >= 0.6 is 15.9 Å². The molecule has 0 atom stereocenters. The maximum Gasteiger partial charge on any atom is 0.127 e. The van der Waals surface area contributed by atoms with E-state index in [4.69, 9.17) is 0 Å². The minimum atomic E-state index is 0.891. The molecule has 0 unspecified atom stereocenters. The first-order valence-corrected chi connectivity index (χ1v) is 5.30. The first-order chi connectivity index (χ1) is 6.75. The molecule has 0 aliphatic heterocycles. The van der Waals surface area contributed by atoms with E-state index >= 15 is 0 Å². The molecule has 72 valence electrons. The summed E-state index contributed by atoms with van der Waals surface area (Å²) in [5.74, 6) is 0.947. The molecule has 1 aromatic heterocycles. The van der Waals surface area contributed by atoms with Gasteiger partial charge in [0.1, 0.15) is 10.4 Å². The van der Waals surface area contributed by atoms with Crippen LogP contribution in [-0.2, 0) is 6.42 Å². The lowest BCUT2D eigenvalue weighted by atomic mass is 10.1. The molecule has 0 radical (unpaired) electrons. The van der Waals surface area contributed by atoms with Crippen LogP contribution in [0.3, 0.4) is 0 Å². The number of imidazole rings is 1. The molecule has 0 fully saturated rings. The standard InChI is InChI=1S/C11H11BrN2/c1-8-13-10(11(12)14-8)7-9-5-3-2-4-6-9/h2-6H,7H2,1H3,(H,13,14). The molecule has 14 heavy (non-hydrogen) atoms. The van der Waals surface area contributed by atoms with E-state index in [1.807, 2.05) is 25.1 Å². The second-order valence-corrected chi connectivity index (χ2v) is 4.01. The summed E-state index contributed by atoms with van der Waals surface area (Å²) in [4.78, 5) is 7.50. The number of hydrogen-bond donors (Lipinski definition) is 1. The van der Waals surface area contributed by atoms with Gasteiger partial charge in [0.05, 0.1) is 5.69 Å². The molecule has 2 aromatic rings. The van der Waals surface area contributed by atoms with E-state index in [0.717, 1.165) is 22.5 Å². The Hall–Kier alpha value is -1.09. The zero-order valence-electron chi connectivity index (χ0n) is 7.92. The second-order valence-electron chi connectivity index (χ2n) is 3.25. The Morgan fingerprint density at radius 2 is 2.00 bits per heavy atom. The van der Waals surface area contributed by atoms with E-state index in [9.17, 15) is 0 Å². The fraction of sp³-hybridized carbons (Fsp3) is 0.182. The van der Waals surface area contributed by atoms with Crippen LogP contribution in [0.4, 0.5) is 0 Å². The lowest BCUT2D eigenvalue weighted by Gasteiger charge is -1.98. The van der Waals surface area contributed by atoms with E-state index in [-0.39, 0.29) is 0 Å². The number of nitrogens with zero attached hydrogens (tertiary/aromatic N) is 1. The van der Waals surface area contributed by atoms with Gasteiger partial charge in [-0.05, 0) is 28.4 Å². The number of aromatic amines is 1. The van der Waals surface area contributed by atoms with Crippen molar-refractivity contribution in [3.8, 4) is 0 Å². The first kappa shape index (κ1) is 9.46. The molecule has 0 aliphatic rings. The second kappa shape index (κ2) is 3.96. The van der Waals surface area contributed by atoms with Crippen LogP contribution in [-0.4, -0.2) is 9.97 Å². The van der Waals surface area contributed by atoms with Crippen LogP contribution in [0.15, 0.2) is 34.9 Å². The molecule has 1 aromatic carbocycles. The highest BCUT2D eigenvalue weighted by Crippen LogP contribution is 2.16. The summed E-state index contributed by atoms with van der Waals surface area (Å²) < 4.78 is 0.916. The summed E-state index contributed by atoms with van der Waals surface area (Å²) >= 11 is 3.43. The van der Waals surface area contributed by atoms with Crippen LogP contribution in [0.25, 0.3) is 0 Å². The molecule has 2 nitrogen and oxygen atoms in total. The fourth-order valence-electron chi connectivity index (χ4n) is 1.43. The Morgan fingerprint density at radius 3 is 2.57 bits per heavy atom. The van der Waals surface area contributed by atoms with Gasteiger partial charge in [0.15, 0.2) is 0 Å². The van der Waals surface area contributed by atoms with Crippen molar-refractivity contribution < 1.29 is 0 Å². The quantitative estimate of drug-likeness (QED) is 0.872. The molecule has 3 heteroatoms. The Morgan fingerprint density at radius 1 is 1.29 bits per heavy atom. The van der Waals surface area contributed by atoms with Crippen LogP contribution in [0, 0.1) is 6.92 Å².